The highest BCUT2D eigenvalue weighted by atomic mass is 16.3. The lowest BCUT2D eigenvalue weighted by molar-refractivity contribution is 0.672. The Morgan fingerprint density at radius 1 is 0.370 bits per heavy atom. The number of nitrogens with zero attached hydrogens (tertiary/aromatic N) is 1. The highest BCUT2D eigenvalue weighted by Gasteiger charge is 2.19. The maximum atomic E-state index is 9.61. The van der Waals surface area contributed by atoms with Gasteiger partial charge < -0.3 is 9.32 Å². The molecule has 0 N–H and O–H groups in total. The molecule has 0 atom stereocenters. The van der Waals surface area contributed by atoms with Gasteiger partial charge in [-0.25, -0.2) is 0 Å². The Morgan fingerprint density at radius 2 is 0.889 bits per heavy atom. The molecule has 0 radical (unpaired) electrons. The van der Waals surface area contributed by atoms with Gasteiger partial charge in [0.15, 0.2) is 0 Å². The molecule has 2 nitrogen and oxygen atoms in total. The molecule has 0 saturated carbocycles. The Hall–Kier alpha value is -7.16. The van der Waals surface area contributed by atoms with Gasteiger partial charge in [-0.1, -0.05) is 164 Å². The van der Waals surface area contributed by atoms with Crippen molar-refractivity contribution in [3.63, 3.8) is 0 Å². The Balaban J connectivity index is 1.21. The zero-order valence-corrected chi connectivity index (χ0v) is 28.9. The van der Waals surface area contributed by atoms with Crippen molar-refractivity contribution >= 4 is 49.8 Å². The first kappa shape index (κ1) is 24.2. The summed E-state index contributed by atoms with van der Waals surface area (Å²) in [5.74, 6) is 0. The van der Waals surface area contributed by atoms with Crippen LogP contribution in [0.15, 0.2) is 217 Å². The van der Waals surface area contributed by atoms with Crippen molar-refractivity contribution in [2.75, 3.05) is 4.90 Å². The van der Waals surface area contributed by atoms with E-state index >= 15 is 0 Å². The number of rotatable bonds is 7. The van der Waals surface area contributed by atoms with Crippen LogP contribution in [-0.2, 0) is 0 Å². The summed E-state index contributed by atoms with van der Waals surface area (Å²) in [6.07, 6.45) is 0. The number of para-hydroxylation sites is 1. The third kappa shape index (κ3) is 5.71. The van der Waals surface area contributed by atoms with Gasteiger partial charge in [-0.3, -0.25) is 0 Å². The molecule has 9 aromatic carbocycles. The number of furan rings is 1. The normalized spacial score (nSPS) is 13.4. The number of fused-ring (bicyclic) bond motifs is 5. The van der Waals surface area contributed by atoms with Gasteiger partial charge in [0.25, 0.3) is 0 Å². The third-order valence-electron chi connectivity index (χ3n) is 9.83. The molecule has 0 aliphatic heterocycles. The molecule has 2 heteroatoms. The lowest BCUT2D eigenvalue weighted by atomic mass is 9.98. The Labute approximate surface area is 326 Å². The van der Waals surface area contributed by atoms with Crippen molar-refractivity contribution < 1.29 is 15.4 Å². The fraction of sp³-hybridized carbons (Fsp3) is 0. The van der Waals surface area contributed by atoms with Gasteiger partial charge in [-0.15, -0.1) is 0 Å². The topological polar surface area (TPSA) is 16.4 Å². The maximum absolute atomic E-state index is 9.61. The summed E-state index contributed by atoms with van der Waals surface area (Å²) in [6.45, 7) is 0. The molecule has 0 spiro atoms. The van der Waals surface area contributed by atoms with Crippen molar-refractivity contribution in [2.24, 2.45) is 0 Å². The van der Waals surface area contributed by atoms with Crippen molar-refractivity contribution in [1.82, 2.24) is 0 Å². The molecular weight excluding hydrogens is 655 g/mol. The lowest BCUT2D eigenvalue weighted by Gasteiger charge is -2.28. The first-order valence-corrected chi connectivity index (χ1v) is 17.8. The van der Waals surface area contributed by atoms with Crippen LogP contribution >= 0.6 is 0 Å². The maximum Gasteiger partial charge on any atom is 0.143 e. The quantitative estimate of drug-likeness (QED) is 0.165. The van der Waals surface area contributed by atoms with Crippen LogP contribution < -0.4 is 4.90 Å². The van der Waals surface area contributed by atoms with E-state index in [9.17, 15) is 11.0 Å². The Morgan fingerprint density at radius 3 is 1.56 bits per heavy atom. The van der Waals surface area contributed by atoms with Gasteiger partial charge in [0.1, 0.15) is 11.2 Å². The molecule has 0 fully saturated rings. The van der Waals surface area contributed by atoms with E-state index in [0.29, 0.717) is 28.0 Å². The van der Waals surface area contributed by atoms with Crippen molar-refractivity contribution in [3.8, 4) is 44.5 Å². The molecule has 10 rings (SSSR count). The number of anilines is 3. The predicted molar refractivity (Wildman–Crippen MR) is 228 cm³/mol. The molecule has 0 unspecified atom stereocenters. The molecule has 1 heterocycles. The van der Waals surface area contributed by atoms with Crippen LogP contribution in [0.25, 0.3) is 77.2 Å². The molecule has 0 saturated heterocycles. The van der Waals surface area contributed by atoms with Crippen LogP contribution in [0.1, 0.15) is 11.0 Å². The highest BCUT2D eigenvalue weighted by molar-refractivity contribution is 6.15. The summed E-state index contributed by atoms with van der Waals surface area (Å²) in [5.41, 5.74) is 5.77. The SMILES string of the molecule is [2H]c1c([2H])c(N(c2ccccc2-c2ccc3oc4c5ccccc5ccc4c3c2)c2c([2H])c([2H])c(-c3ccc(-c4ccccc4)cc3)c([2H])c2[2H])c([2H])c([2H])c1-c1ccccc1. The molecule has 1 aromatic heterocycles. The van der Waals surface area contributed by atoms with Crippen LogP contribution in [0, 0.1) is 0 Å². The van der Waals surface area contributed by atoms with Gasteiger partial charge in [0.05, 0.1) is 16.7 Å². The van der Waals surface area contributed by atoms with E-state index < -0.39 is 24.2 Å². The second-order valence-corrected chi connectivity index (χ2v) is 13.1. The molecule has 54 heavy (non-hydrogen) atoms. The van der Waals surface area contributed by atoms with Crippen LogP contribution in [0.4, 0.5) is 17.1 Å². The summed E-state index contributed by atoms with van der Waals surface area (Å²) < 4.78 is 82.1. The Bertz CT molecular complexity index is 3330. The number of hydrogen-bond donors (Lipinski definition) is 0. The average Bonchev–Trinajstić information content (AvgIpc) is 3.69. The smallest absolute Gasteiger partial charge is 0.143 e. The zero-order valence-electron chi connectivity index (χ0n) is 36.9. The van der Waals surface area contributed by atoms with Gasteiger partial charge in [-0.2, -0.15) is 0 Å². The molecule has 254 valence electrons. The van der Waals surface area contributed by atoms with E-state index in [1.54, 1.807) is 48.5 Å². The van der Waals surface area contributed by atoms with Crippen molar-refractivity contribution in [2.45, 2.75) is 0 Å². The lowest BCUT2D eigenvalue weighted by Crippen LogP contribution is -2.11. The fourth-order valence-corrected chi connectivity index (χ4v) is 7.13. The molecule has 0 aliphatic carbocycles. The summed E-state index contributed by atoms with van der Waals surface area (Å²) in [4.78, 5) is 1.37. The predicted octanol–water partition coefficient (Wildman–Crippen LogP) is 14.9. The summed E-state index contributed by atoms with van der Waals surface area (Å²) in [7, 11) is 0. The molecule has 0 aliphatic rings. The van der Waals surface area contributed by atoms with Crippen LogP contribution in [0.3, 0.4) is 0 Å². The summed E-state index contributed by atoms with van der Waals surface area (Å²) in [6, 6.07) is 48.1. The van der Waals surface area contributed by atoms with E-state index in [0.717, 1.165) is 43.8 Å². The van der Waals surface area contributed by atoms with E-state index in [1.807, 2.05) is 109 Å². The molecule has 0 amide bonds. The number of benzene rings is 9. The average molecular weight is 698 g/mol. The monoisotopic (exact) mass is 697 g/mol. The Kier molecular flexibility index (Phi) is 6.01. The van der Waals surface area contributed by atoms with Crippen LogP contribution in [-0.4, -0.2) is 0 Å². The molecular formula is C52H35NO. The van der Waals surface area contributed by atoms with Crippen LogP contribution in [0.2, 0.25) is 0 Å². The van der Waals surface area contributed by atoms with E-state index in [1.165, 1.54) is 4.90 Å². The van der Waals surface area contributed by atoms with Crippen molar-refractivity contribution in [3.05, 3.63) is 212 Å². The third-order valence-corrected chi connectivity index (χ3v) is 9.83. The van der Waals surface area contributed by atoms with Gasteiger partial charge >= 0.3 is 0 Å². The zero-order chi connectivity index (χ0) is 42.8. The van der Waals surface area contributed by atoms with E-state index in [-0.39, 0.29) is 46.7 Å². The van der Waals surface area contributed by atoms with E-state index in [4.69, 9.17) is 4.42 Å². The second kappa shape index (κ2) is 13.4. The van der Waals surface area contributed by atoms with E-state index in [2.05, 4.69) is 6.07 Å². The second-order valence-electron chi connectivity index (χ2n) is 13.1. The number of hydrogen-bond acceptors (Lipinski definition) is 2. The van der Waals surface area contributed by atoms with Gasteiger partial charge in [0, 0.05) is 33.1 Å². The fourth-order valence-electron chi connectivity index (χ4n) is 7.13. The minimum absolute atomic E-state index is 0.0976. The van der Waals surface area contributed by atoms with Crippen molar-refractivity contribution in [1.29, 1.82) is 0 Å². The summed E-state index contributed by atoms with van der Waals surface area (Å²) in [5, 5.41) is 3.80. The minimum atomic E-state index is -0.407. The largest absolute Gasteiger partial charge is 0.455 e. The van der Waals surface area contributed by atoms with Gasteiger partial charge in [-0.05, 0) is 92.8 Å². The first-order chi connectivity index (χ1) is 30.1. The summed E-state index contributed by atoms with van der Waals surface area (Å²) >= 11 is 0. The highest BCUT2D eigenvalue weighted by Crippen LogP contribution is 2.43. The van der Waals surface area contributed by atoms with Crippen LogP contribution in [0.5, 0.6) is 0 Å². The standard InChI is InChI=1S/C52H35NO/c1-3-11-36(12-4-1)38-19-21-39(22-20-38)41-25-31-45(32-26-41)53(44-29-23-40(24-30-44)37-13-5-2-6-14-37)50-18-10-9-16-46(50)43-28-34-51-49(35-43)48-33-27-42-15-7-8-17-47(42)52(48)54-51/h1-35H/i23D,24D,25D,26D,29D,30D,31D,32D. The first-order valence-electron chi connectivity index (χ1n) is 21.8. The molecule has 10 aromatic rings. The minimum Gasteiger partial charge on any atom is -0.455 e. The molecule has 0 bridgehead atoms. The van der Waals surface area contributed by atoms with Gasteiger partial charge in [0.2, 0.25) is 0 Å².